The molecule has 1 N–H and O–H groups in total. The summed E-state index contributed by atoms with van der Waals surface area (Å²) in [7, 11) is 1.44. The average Bonchev–Trinajstić information content (AvgIpc) is 2.60. The van der Waals surface area contributed by atoms with E-state index in [1.54, 1.807) is 25.1 Å². The predicted molar refractivity (Wildman–Crippen MR) is 90.4 cm³/mol. The van der Waals surface area contributed by atoms with Gasteiger partial charge in [-0.1, -0.05) is 12.1 Å². The van der Waals surface area contributed by atoms with E-state index >= 15 is 0 Å². The largest absolute Gasteiger partial charge is 0.504 e. The van der Waals surface area contributed by atoms with Gasteiger partial charge in [-0.25, -0.2) is 9.78 Å². The SMILES string of the molecule is CCOC(=O)c1cc([N+](=O)[O-])cnc1C=Cc1ccc(OC)c(O)c1. The lowest BCUT2D eigenvalue weighted by Gasteiger charge is -2.05. The summed E-state index contributed by atoms with van der Waals surface area (Å²) in [5.74, 6) is -0.402. The van der Waals surface area contributed by atoms with Crippen LogP contribution in [-0.2, 0) is 4.74 Å². The van der Waals surface area contributed by atoms with Gasteiger partial charge in [0, 0.05) is 6.07 Å². The first-order valence-electron chi connectivity index (χ1n) is 7.33. The van der Waals surface area contributed by atoms with Gasteiger partial charge in [0.15, 0.2) is 11.5 Å². The average molecular weight is 344 g/mol. The van der Waals surface area contributed by atoms with Crippen LogP contribution in [0.4, 0.5) is 5.69 Å². The minimum Gasteiger partial charge on any atom is -0.504 e. The van der Waals surface area contributed by atoms with Gasteiger partial charge < -0.3 is 14.6 Å². The van der Waals surface area contributed by atoms with Crippen molar-refractivity contribution < 1.29 is 24.3 Å². The van der Waals surface area contributed by atoms with Crippen molar-refractivity contribution in [2.45, 2.75) is 6.92 Å². The molecule has 0 fully saturated rings. The number of aromatic nitrogens is 1. The number of methoxy groups -OCH3 is 1. The number of benzene rings is 1. The molecule has 0 aliphatic rings. The third-order valence-corrected chi connectivity index (χ3v) is 3.25. The van der Waals surface area contributed by atoms with Crippen molar-refractivity contribution in [3.05, 3.63) is 57.4 Å². The number of aromatic hydroxyl groups is 1. The Kier molecular flexibility index (Phi) is 5.67. The highest BCUT2D eigenvalue weighted by Gasteiger charge is 2.17. The van der Waals surface area contributed by atoms with Gasteiger partial charge in [-0.3, -0.25) is 10.1 Å². The number of carbonyl (C=O) groups is 1. The second kappa shape index (κ2) is 7.91. The van der Waals surface area contributed by atoms with E-state index in [1.165, 1.54) is 19.3 Å². The Morgan fingerprint density at radius 2 is 2.12 bits per heavy atom. The molecule has 130 valence electrons. The third kappa shape index (κ3) is 4.31. The predicted octanol–water partition coefficient (Wildman–Crippen LogP) is 3.05. The summed E-state index contributed by atoms with van der Waals surface area (Å²) in [5, 5.41) is 20.7. The zero-order valence-electron chi connectivity index (χ0n) is 13.6. The fraction of sp³-hybridized carbons (Fsp3) is 0.176. The van der Waals surface area contributed by atoms with Crippen molar-refractivity contribution in [2.24, 2.45) is 0 Å². The molecular formula is C17H16N2O6. The summed E-state index contributed by atoms with van der Waals surface area (Å²) in [4.78, 5) is 26.2. The Balaban J connectivity index is 2.38. The molecule has 2 aromatic rings. The number of nitro groups is 1. The molecule has 1 aromatic carbocycles. The third-order valence-electron chi connectivity index (χ3n) is 3.25. The van der Waals surface area contributed by atoms with Crippen molar-refractivity contribution in [3.63, 3.8) is 0 Å². The van der Waals surface area contributed by atoms with Crippen LogP contribution in [0.1, 0.15) is 28.5 Å². The molecule has 8 nitrogen and oxygen atoms in total. The molecule has 0 bridgehead atoms. The van der Waals surface area contributed by atoms with E-state index in [0.29, 0.717) is 11.3 Å². The fourth-order valence-electron chi connectivity index (χ4n) is 2.06. The zero-order chi connectivity index (χ0) is 18.4. The molecule has 0 aliphatic heterocycles. The number of phenolic OH excluding ortho intramolecular Hbond substituents is 1. The summed E-state index contributed by atoms with van der Waals surface area (Å²) >= 11 is 0. The number of esters is 1. The fourth-order valence-corrected chi connectivity index (χ4v) is 2.06. The molecule has 0 spiro atoms. The lowest BCUT2D eigenvalue weighted by Crippen LogP contribution is -2.08. The van der Waals surface area contributed by atoms with Crippen LogP contribution in [-0.4, -0.2) is 34.7 Å². The van der Waals surface area contributed by atoms with E-state index < -0.39 is 10.9 Å². The van der Waals surface area contributed by atoms with E-state index in [9.17, 15) is 20.0 Å². The maximum absolute atomic E-state index is 12.0. The van der Waals surface area contributed by atoms with Crippen LogP contribution in [0.15, 0.2) is 30.5 Å². The molecule has 0 aliphatic carbocycles. The Bertz CT molecular complexity index is 832. The monoisotopic (exact) mass is 344 g/mol. The normalized spacial score (nSPS) is 10.6. The molecule has 2 rings (SSSR count). The first-order valence-corrected chi connectivity index (χ1v) is 7.33. The van der Waals surface area contributed by atoms with Gasteiger partial charge >= 0.3 is 5.97 Å². The molecule has 0 radical (unpaired) electrons. The standard InChI is InChI=1S/C17H16N2O6/c1-3-25-17(21)13-9-12(19(22)23)10-18-14(13)6-4-11-5-7-16(24-2)15(20)8-11/h4-10,20H,3H2,1-2H3. The lowest BCUT2D eigenvalue weighted by atomic mass is 10.1. The van der Waals surface area contributed by atoms with Crippen LogP contribution < -0.4 is 4.74 Å². The van der Waals surface area contributed by atoms with Crippen molar-refractivity contribution in [3.8, 4) is 11.5 Å². The van der Waals surface area contributed by atoms with Gasteiger partial charge in [0.25, 0.3) is 5.69 Å². The summed E-state index contributed by atoms with van der Waals surface area (Å²) < 4.78 is 9.88. The Hall–Kier alpha value is -3.42. The number of ether oxygens (including phenoxy) is 2. The Morgan fingerprint density at radius 3 is 2.72 bits per heavy atom. The highest BCUT2D eigenvalue weighted by Crippen LogP contribution is 2.27. The molecule has 0 unspecified atom stereocenters. The highest BCUT2D eigenvalue weighted by atomic mass is 16.6. The van der Waals surface area contributed by atoms with Crippen LogP contribution in [0.2, 0.25) is 0 Å². The molecule has 0 atom stereocenters. The topological polar surface area (TPSA) is 112 Å². The lowest BCUT2D eigenvalue weighted by molar-refractivity contribution is -0.385. The molecule has 0 saturated carbocycles. The first-order chi connectivity index (χ1) is 12.0. The molecule has 1 heterocycles. The van der Waals surface area contributed by atoms with Gasteiger partial charge in [0.05, 0.1) is 29.9 Å². The minimum absolute atomic E-state index is 0.00923. The molecule has 0 saturated heterocycles. The van der Waals surface area contributed by atoms with Crippen LogP contribution in [0.5, 0.6) is 11.5 Å². The summed E-state index contributed by atoms with van der Waals surface area (Å²) in [6.07, 6.45) is 4.18. The van der Waals surface area contributed by atoms with E-state index in [4.69, 9.17) is 9.47 Å². The Morgan fingerprint density at radius 1 is 1.36 bits per heavy atom. The van der Waals surface area contributed by atoms with Gasteiger partial charge in [0.2, 0.25) is 0 Å². The molecule has 1 aromatic heterocycles. The summed E-state index contributed by atoms with van der Waals surface area (Å²) in [6.45, 7) is 1.77. The van der Waals surface area contributed by atoms with Crippen molar-refractivity contribution in [1.29, 1.82) is 0 Å². The van der Waals surface area contributed by atoms with Crippen LogP contribution in [0.25, 0.3) is 12.2 Å². The van der Waals surface area contributed by atoms with Crippen LogP contribution in [0, 0.1) is 10.1 Å². The Labute approximate surface area is 143 Å². The molecule has 0 amide bonds. The first kappa shape index (κ1) is 17.9. The van der Waals surface area contributed by atoms with Gasteiger partial charge in [-0.15, -0.1) is 0 Å². The number of pyridine rings is 1. The van der Waals surface area contributed by atoms with Gasteiger partial charge in [-0.2, -0.15) is 0 Å². The second-order valence-electron chi connectivity index (χ2n) is 4.87. The number of nitrogens with zero attached hydrogens (tertiary/aromatic N) is 2. The number of phenols is 1. The van der Waals surface area contributed by atoms with Crippen LogP contribution >= 0.6 is 0 Å². The number of rotatable bonds is 6. The van der Waals surface area contributed by atoms with Gasteiger partial charge in [-0.05, 0) is 30.7 Å². The minimum atomic E-state index is -0.698. The maximum atomic E-state index is 12.0. The number of hydrogen-bond acceptors (Lipinski definition) is 7. The zero-order valence-corrected chi connectivity index (χ0v) is 13.6. The maximum Gasteiger partial charge on any atom is 0.340 e. The van der Waals surface area contributed by atoms with Crippen molar-refractivity contribution in [2.75, 3.05) is 13.7 Å². The quantitative estimate of drug-likeness (QED) is 0.487. The van der Waals surface area contributed by atoms with E-state index in [0.717, 1.165) is 12.3 Å². The van der Waals surface area contributed by atoms with Crippen LogP contribution in [0.3, 0.4) is 0 Å². The molecule has 25 heavy (non-hydrogen) atoms. The van der Waals surface area contributed by atoms with Crippen molar-refractivity contribution >= 4 is 23.8 Å². The number of hydrogen-bond donors (Lipinski definition) is 1. The smallest absolute Gasteiger partial charge is 0.340 e. The van der Waals surface area contributed by atoms with E-state index in [1.807, 2.05) is 0 Å². The number of carbonyl (C=O) groups excluding carboxylic acids is 1. The van der Waals surface area contributed by atoms with Crippen molar-refractivity contribution in [1.82, 2.24) is 4.98 Å². The molecular weight excluding hydrogens is 328 g/mol. The highest BCUT2D eigenvalue weighted by molar-refractivity contribution is 5.94. The summed E-state index contributed by atoms with van der Waals surface area (Å²) in [5.41, 5.74) is 0.542. The van der Waals surface area contributed by atoms with Gasteiger partial charge in [0.1, 0.15) is 6.20 Å². The second-order valence-corrected chi connectivity index (χ2v) is 4.87. The molecule has 8 heteroatoms. The van der Waals surface area contributed by atoms with E-state index in [2.05, 4.69) is 4.98 Å². The van der Waals surface area contributed by atoms with E-state index in [-0.39, 0.29) is 29.3 Å². The summed E-state index contributed by atoms with van der Waals surface area (Å²) in [6, 6.07) is 5.88.